The lowest BCUT2D eigenvalue weighted by molar-refractivity contribution is -0.139. The number of amides is 2. The molecule has 2 aromatic rings. The molecule has 10 heteroatoms. The molecule has 0 aliphatic heterocycles. The van der Waals surface area contributed by atoms with Gasteiger partial charge in [0.05, 0.1) is 11.9 Å². The smallest absolute Gasteiger partial charge is 0.244 e. The van der Waals surface area contributed by atoms with Crippen molar-refractivity contribution in [2.45, 2.75) is 45.7 Å². The molecule has 0 unspecified atom stereocenters. The van der Waals surface area contributed by atoms with Gasteiger partial charge in [-0.1, -0.05) is 53.5 Å². The third-order valence-corrected chi connectivity index (χ3v) is 6.54. The van der Waals surface area contributed by atoms with Crippen molar-refractivity contribution in [2.75, 3.05) is 23.7 Å². The van der Waals surface area contributed by atoms with Crippen molar-refractivity contribution < 1.29 is 18.0 Å². The lowest BCUT2D eigenvalue weighted by atomic mass is 10.1. The summed E-state index contributed by atoms with van der Waals surface area (Å²) in [6, 6.07) is 13.0. The Bertz CT molecular complexity index is 1100. The van der Waals surface area contributed by atoms with E-state index in [1.807, 2.05) is 51.1 Å². The van der Waals surface area contributed by atoms with Gasteiger partial charge in [0.1, 0.15) is 12.6 Å². The van der Waals surface area contributed by atoms with E-state index in [1.54, 1.807) is 6.92 Å². The van der Waals surface area contributed by atoms with Crippen molar-refractivity contribution in [3.05, 3.63) is 64.1 Å². The van der Waals surface area contributed by atoms with Crippen LogP contribution in [0.3, 0.4) is 0 Å². The van der Waals surface area contributed by atoms with Crippen LogP contribution in [0.2, 0.25) is 10.0 Å². The number of carbonyl (C=O) groups is 2. The molecule has 0 aromatic heterocycles. The van der Waals surface area contributed by atoms with Crippen molar-refractivity contribution in [3.63, 3.8) is 0 Å². The third kappa shape index (κ3) is 8.49. The molecule has 0 fully saturated rings. The molecule has 1 atom stereocenters. The van der Waals surface area contributed by atoms with Gasteiger partial charge in [-0.25, -0.2) is 8.42 Å². The first kappa shape index (κ1) is 28.0. The van der Waals surface area contributed by atoms with Gasteiger partial charge < -0.3 is 10.2 Å². The van der Waals surface area contributed by atoms with Crippen molar-refractivity contribution in [1.82, 2.24) is 10.2 Å². The van der Waals surface area contributed by atoms with E-state index in [1.165, 1.54) is 23.1 Å². The molecule has 0 spiro atoms. The van der Waals surface area contributed by atoms with E-state index in [0.29, 0.717) is 6.42 Å². The van der Waals surface area contributed by atoms with Gasteiger partial charge in [0, 0.05) is 22.1 Å². The molecule has 0 aliphatic rings. The number of rotatable bonds is 9. The normalized spacial score (nSPS) is 12.7. The maximum Gasteiger partial charge on any atom is 0.244 e. The van der Waals surface area contributed by atoms with Crippen LogP contribution in [0, 0.1) is 0 Å². The van der Waals surface area contributed by atoms with Crippen LogP contribution >= 0.6 is 23.2 Å². The number of sulfonamides is 1. The predicted molar refractivity (Wildman–Crippen MR) is 138 cm³/mol. The van der Waals surface area contributed by atoms with Gasteiger partial charge in [-0.3, -0.25) is 13.9 Å². The second-order valence-corrected chi connectivity index (χ2v) is 11.9. The Labute approximate surface area is 212 Å². The van der Waals surface area contributed by atoms with E-state index < -0.39 is 34.1 Å². The van der Waals surface area contributed by atoms with Crippen LogP contribution in [0.15, 0.2) is 48.5 Å². The molecule has 1 N–H and O–H groups in total. The summed E-state index contributed by atoms with van der Waals surface area (Å²) in [6.45, 7) is 6.91. The molecule has 2 amide bonds. The minimum absolute atomic E-state index is 0.170. The molecule has 0 radical (unpaired) electrons. The molecular weight excluding hydrogens is 497 g/mol. The second kappa shape index (κ2) is 11.4. The average Bonchev–Trinajstić information content (AvgIpc) is 2.70. The Morgan fingerprint density at radius 3 is 2.09 bits per heavy atom. The zero-order valence-corrected chi connectivity index (χ0v) is 22.3. The fourth-order valence-corrected chi connectivity index (χ4v) is 4.69. The molecule has 186 valence electrons. The fraction of sp³-hybridized carbons (Fsp3) is 0.417. The molecule has 2 rings (SSSR count). The molecule has 0 saturated heterocycles. The minimum atomic E-state index is -3.85. The van der Waals surface area contributed by atoms with Gasteiger partial charge in [-0.05, 0) is 57.9 Å². The molecule has 2 aromatic carbocycles. The van der Waals surface area contributed by atoms with Gasteiger partial charge in [0.25, 0.3) is 0 Å². The number of carbonyl (C=O) groups excluding carboxylic acids is 2. The Morgan fingerprint density at radius 2 is 1.59 bits per heavy atom. The van der Waals surface area contributed by atoms with Crippen molar-refractivity contribution in [1.29, 1.82) is 0 Å². The van der Waals surface area contributed by atoms with Gasteiger partial charge in [0.15, 0.2) is 0 Å². The first-order chi connectivity index (χ1) is 15.7. The van der Waals surface area contributed by atoms with Crippen LogP contribution in [0.25, 0.3) is 0 Å². The Balaban J connectivity index is 2.36. The summed E-state index contributed by atoms with van der Waals surface area (Å²) >= 11 is 12.1. The number of hydrogen-bond donors (Lipinski definition) is 1. The third-order valence-electron chi connectivity index (χ3n) is 4.96. The summed E-state index contributed by atoms with van der Waals surface area (Å²) in [4.78, 5) is 27.7. The van der Waals surface area contributed by atoms with Crippen LogP contribution in [0.4, 0.5) is 5.69 Å². The highest BCUT2D eigenvalue weighted by Crippen LogP contribution is 2.27. The highest BCUT2D eigenvalue weighted by Gasteiger charge is 2.31. The van der Waals surface area contributed by atoms with Crippen molar-refractivity contribution in [2.24, 2.45) is 0 Å². The lowest BCUT2D eigenvalue weighted by Gasteiger charge is -2.33. The molecule has 0 saturated carbocycles. The molecule has 0 aliphatic carbocycles. The standard InChI is InChI=1S/C24H31Cl2N3O4S/c1-17(23(31)27-24(2,3)4)28(12-11-18-9-7-6-8-10-18)22(30)16-29(34(5,32)33)21-14-19(25)13-20(26)15-21/h6-10,13-15,17H,11-12,16H2,1-5H3,(H,27,31)/t17-/m0/s1. The Kier molecular flexibility index (Phi) is 9.39. The largest absolute Gasteiger partial charge is 0.350 e. The topological polar surface area (TPSA) is 86.8 Å². The Hall–Kier alpha value is -2.29. The van der Waals surface area contributed by atoms with E-state index in [0.717, 1.165) is 16.1 Å². The quantitative estimate of drug-likeness (QED) is 0.530. The van der Waals surface area contributed by atoms with E-state index in [9.17, 15) is 18.0 Å². The zero-order valence-electron chi connectivity index (χ0n) is 20.0. The van der Waals surface area contributed by atoms with Crippen LogP contribution in [0.5, 0.6) is 0 Å². The van der Waals surface area contributed by atoms with Gasteiger partial charge in [-0.2, -0.15) is 0 Å². The van der Waals surface area contributed by atoms with E-state index in [4.69, 9.17) is 23.2 Å². The number of nitrogens with one attached hydrogen (secondary N) is 1. The number of anilines is 1. The van der Waals surface area contributed by atoms with Gasteiger partial charge in [0.2, 0.25) is 21.8 Å². The molecular formula is C24H31Cl2N3O4S. The van der Waals surface area contributed by atoms with Crippen molar-refractivity contribution >= 4 is 50.7 Å². The monoisotopic (exact) mass is 527 g/mol. The van der Waals surface area contributed by atoms with Gasteiger partial charge >= 0.3 is 0 Å². The van der Waals surface area contributed by atoms with Crippen LogP contribution in [-0.4, -0.2) is 56.1 Å². The van der Waals surface area contributed by atoms with Crippen LogP contribution in [0.1, 0.15) is 33.3 Å². The SMILES string of the molecule is C[C@@H](C(=O)NC(C)(C)C)N(CCc1ccccc1)C(=O)CN(c1cc(Cl)cc(Cl)c1)S(C)(=O)=O. The molecule has 0 heterocycles. The van der Waals surface area contributed by atoms with E-state index >= 15 is 0 Å². The number of benzene rings is 2. The molecule has 34 heavy (non-hydrogen) atoms. The predicted octanol–water partition coefficient (Wildman–Crippen LogP) is 4.13. The zero-order chi connectivity index (χ0) is 25.7. The maximum atomic E-state index is 13.5. The highest BCUT2D eigenvalue weighted by molar-refractivity contribution is 7.92. The first-order valence-electron chi connectivity index (χ1n) is 10.8. The Morgan fingerprint density at radius 1 is 1.03 bits per heavy atom. The fourth-order valence-electron chi connectivity index (χ4n) is 3.34. The maximum absolute atomic E-state index is 13.5. The summed E-state index contributed by atoms with van der Waals surface area (Å²) in [6.07, 6.45) is 1.50. The van der Waals surface area contributed by atoms with E-state index in [2.05, 4.69) is 5.32 Å². The molecule has 0 bridgehead atoms. The number of halogens is 2. The first-order valence-corrected chi connectivity index (χ1v) is 13.4. The van der Waals surface area contributed by atoms with Crippen molar-refractivity contribution in [3.8, 4) is 0 Å². The average molecular weight is 529 g/mol. The summed E-state index contributed by atoms with van der Waals surface area (Å²) < 4.78 is 26.1. The summed E-state index contributed by atoms with van der Waals surface area (Å²) in [7, 11) is -3.85. The lowest BCUT2D eigenvalue weighted by Crippen LogP contribution is -2.55. The highest BCUT2D eigenvalue weighted by atomic mass is 35.5. The summed E-state index contributed by atoms with van der Waals surface area (Å²) in [5.41, 5.74) is 0.670. The second-order valence-electron chi connectivity index (χ2n) is 9.14. The van der Waals surface area contributed by atoms with Crippen LogP contribution in [-0.2, 0) is 26.0 Å². The molecule has 7 nitrogen and oxygen atoms in total. The van der Waals surface area contributed by atoms with Crippen LogP contribution < -0.4 is 9.62 Å². The minimum Gasteiger partial charge on any atom is -0.350 e. The number of hydrogen-bond acceptors (Lipinski definition) is 4. The van der Waals surface area contributed by atoms with E-state index in [-0.39, 0.29) is 28.2 Å². The summed E-state index contributed by atoms with van der Waals surface area (Å²) in [5.74, 6) is -0.848. The number of nitrogens with zero attached hydrogens (tertiary/aromatic N) is 2. The summed E-state index contributed by atoms with van der Waals surface area (Å²) in [5, 5.41) is 3.36. The van der Waals surface area contributed by atoms with Gasteiger partial charge in [-0.15, -0.1) is 0 Å².